The molecule has 0 radical (unpaired) electrons. The lowest BCUT2D eigenvalue weighted by atomic mass is 9.47. The van der Waals surface area contributed by atoms with E-state index in [0.29, 0.717) is 24.2 Å². The van der Waals surface area contributed by atoms with E-state index < -0.39 is 6.10 Å². The maximum absolute atomic E-state index is 13.0. The van der Waals surface area contributed by atoms with Gasteiger partial charge in [0.1, 0.15) is 6.10 Å². The molecule has 0 spiro atoms. The van der Waals surface area contributed by atoms with Crippen LogP contribution in [-0.4, -0.2) is 35.9 Å². The molecule has 0 amide bonds. The topological polar surface area (TPSA) is 96.6 Å². The van der Waals surface area contributed by atoms with E-state index >= 15 is 0 Å². The largest absolute Gasteiger partial charge is 0.465 e. The van der Waals surface area contributed by atoms with Crippen molar-refractivity contribution in [1.82, 2.24) is 0 Å². The van der Waals surface area contributed by atoms with Crippen LogP contribution in [-0.2, 0) is 19.1 Å². The molecular formula is C29H43NO5. The number of ether oxygens (including phenoxy) is 2. The van der Waals surface area contributed by atoms with E-state index in [1.165, 1.54) is 12.5 Å². The number of aliphatic hydroxyl groups excluding tert-OH is 1. The summed E-state index contributed by atoms with van der Waals surface area (Å²) in [4.78, 5) is 24.5. The van der Waals surface area contributed by atoms with Gasteiger partial charge in [-0.1, -0.05) is 39.3 Å². The third-order valence-corrected chi connectivity index (χ3v) is 10.4. The highest BCUT2D eigenvalue weighted by molar-refractivity contribution is 5.72. The van der Waals surface area contributed by atoms with Crippen molar-refractivity contribution >= 4 is 11.9 Å². The van der Waals surface area contributed by atoms with Gasteiger partial charge in [0.15, 0.2) is 0 Å². The van der Waals surface area contributed by atoms with E-state index in [1.54, 1.807) is 0 Å². The van der Waals surface area contributed by atoms with E-state index in [-0.39, 0.29) is 53.2 Å². The lowest BCUT2D eigenvalue weighted by Crippen LogP contribution is -2.51. The summed E-state index contributed by atoms with van der Waals surface area (Å²) in [5, 5.41) is 20.1. The summed E-state index contributed by atoms with van der Waals surface area (Å²) in [5.74, 6) is 0.563. The fourth-order valence-electron chi connectivity index (χ4n) is 8.64. The van der Waals surface area contributed by atoms with E-state index in [0.717, 1.165) is 44.9 Å². The van der Waals surface area contributed by atoms with Crippen LogP contribution >= 0.6 is 0 Å². The van der Waals surface area contributed by atoms with Crippen molar-refractivity contribution in [2.45, 2.75) is 98.2 Å². The second-order valence-corrected chi connectivity index (χ2v) is 12.5. The predicted molar refractivity (Wildman–Crippen MR) is 132 cm³/mol. The maximum Gasteiger partial charge on any atom is 0.309 e. The van der Waals surface area contributed by atoms with Gasteiger partial charge >= 0.3 is 11.9 Å². The lowest BCUT2D eigenvalue weighted by molar-refractivity contribution is -0.156. The molecule has 3 saturated carbocycles. The first-order chi connectivity index (χ1) is 16.5. The van der Waals surface area contributed by atoms with Crippen molar-refractivity contribution in [3.8, 4) is 6.07 Å². The average molecular weight is 486 g/mol. The summed E-state index contributed by atoms with van der Waals surface area (Å²) < 4.78 is 11.1. The molecule has 3 fully saturated rings. The van der Waals surface area contributed by atoms with Gasteiger partial charge in [0.2, 0.25) is 0 Å². The molecule has 6 heteroatoms. The summed E-state index contributed by atoms with van der Waals surface area (Å²) in [6, 6.07) is 2.13. The Kier molecular flexibility index (Phi) is 7.40. The Morgan fingerprint density at radius 1 is 1.23 bits per heavy atom. The van der Waals surface area contributed by atoms with E-state index in [9.17, 15) is 14.7 Å². The van der Waals surface area contributed by atoms with Gasteiger partial charge in [-0.2, -0.15) is 5.26 Å². The normalized spacial score (nSPS) is 41.8. The molecule has 4 rings (SSSR count). The third kappa shape index (κ3) is 4.66. The molecule has 6 nitrogen and oxygen atoms in total. The van der Waals surface area contributed by atoms with Crippen molar-refractivity contribution < 1.29 is 24.2 Å². The Morgan fingerprint density at radius 2 is 1.97 bits per heavy atom. The Labute approximate surface area is 210 Å². The summed E-state index contributed by atoms with van der Waals surface area (Å²) in [7, 11) is 0. The molecule has 0 bridgehead atoms. The first-order valence-corrected chi connectivity index (χ1v) is 13.6. The molecule has 10 atom stereocenters. The van der Waals surface area contributed by atoms with Gasteiger partial charge in [0.25, 0.3) is 0 Å². The van der Waals surface area contributed by atoms with Crippen molar-refractivity contribution in [2.75, 3.05) is 6.61 Å². The van der Waals surface area contributed by atoms with Crippen LogP contribution in [0.3, 0.4) is 0 Å². The minimum absolute atomic E-state index is 0.00217. The third-order valence-electron chi connectivity index (χ3n) is 10.4. The van der Waals surface area contributed by atoms with Gasteiger partial charge in [0, 0.05) is 31.6 Å². The number of allylic oxidation sites excluding steroid dienone is 1. The maximum atomic E-state index is 13.0. The number of carbonyl (C=O) groups excluding carboxylic acids is 2. The highest BCUT2D eigenvalue weighted by Crippen LogP contribution is 2.67. The Morgan fingerprint density at radius 3 is 2.66 bits per heavy atom. The van der Waals surface area contributed by atoms with Crippen LogP contribution in [0, 0.1) is 57.7 Å². The number of hydrogen-bond donors (Lipinski definition) is 1. The zero-order chi connectivity index (χ0) is 25.5. The van der Waals surface area contributed by atoms with Gasteiger partial charge < -0.3 is 14.6 Å². The number of aliphatic hydroxyl groups is 1. The Balaban J connectivity index is 1.49. The molecule has 4 aliphatic carbocycles. The molecule has 4 aliphatic rings. The minimum atomic E-state index is -0.499. The number of carbonyl (C=O) groups is 2. The molecule has 0 aromatic carbocycles. The van der Waals surface area contributed by atoms with Crippen LogP contribution in [0.4, 0.5) is 0 Å². The number of nitriles is 1. The van der Waals surface area contributed by atoms with Crippen molar-refractivity contribution in [2.24, 2.45) is 46.3 Å². The van der Waals surface area contributed by atoms with Crippen LogP contribution in [0.1, 0.15) is 86.0 Å². The number of rotatable bonds is 6. The monoisotopic (exact) mass is 485 g/mol. The highest BCUT2D eigenvalue weighted by Gasteiger charge is 2.62. The van der Waals surface area contributed by atoms with Crippen LogP contribution in [0.15, 0.2) is 11.6 Å². The molecule has 0 aliphatic heterocycles. The molecule has 0 saturated heterocycles. The first-order valence-electron chi connectivity index (χ1n) is 13.6. The quantitative estimate of drug-likeness (QED) is 0.410. The number of esters is 2. The van der Waals surface area contributed by atoms with Crippen LogP contribution in [0.2, 0.25) is 0 Å². The van der Waals surface area contributed by atoms with Crippen LogP contribution < -0.4 is 0 Å². The molecule has 0 unspecified atom stereocenters. The molecular weight excluding hydrogens is 442 g/mol. The fourth-order valence-corrected chi connectivity index (χ4v) is 8.64. The molecule has 0 aromatic rings. The van der Waals surface area contributed by atoms with Crippen molar-refractivity contribution in [1.29, 1.82) is 5.26 Å². The Bertz CT molecular complexity index is 907. The zero-order valence-corrected chi connectivity index (χ0v) is 22.1. The van der Waals surface area contributed by atoms with E-state index in [1.807, 2.05) is 13.8 Å². The lowest BCUT2D eigenvalue weighted by Gasteiger charge is -2.58. The Hall–Kier alpha value is -1.87. The molecule has 194 valence electrons. The average Bonchev–Trinajstić information content (AvgIpc) is 3.07. The molecule has 0 heterocycles. The minimum Gasteiger partial charge on any atom is -0.465 e. The second kappa shape index (κ2) is 9.88. The standard InChI is InChI=1S/C29H43NO5/c1-17(10-13-30)16-34-27(33)18(2)26-25(32)15-24-22-7-6-20-14-21(35-19(3)31)8-11-28(20,4)23(22)9-12-29(24,26)5/h6,17-18,21-26,32H,7-12,14-16H2,1-5H3/t17-,18+,21+,22-,23+,24+,25+,26+,28+,29+/m1/s1. The highest BCUT2D eigenvalue weighted by atomic mass is 16.5. The first kappa shape index (κ1) is 26.2. The smallest absolute Gasteiger partial charge is 0.309 e. The fraction of sp³-hybridized carbons (Fsp3) is 0.828. The van der Waals surface area contributed by atoms with Crippen molar-refractivity contribution in [3.63, 3.8) is 0 Å². The summed E-state index contributed by atoms with van der Waals surface area (Å²) >= 11 is 0. The van der Waals surface area contributed by atoms with E-state index in [2.05, 4.69) is 26.0 Å². The van der Waals surface area contributed by atoms with E-state index in [4.69, 9.17) is 14.7 Å². The number of fused-ring (bicyclic) bond motifs is 5. The molecule has 35 heavy (non-hydrogen) atoms. The van der Waals surface area contributed by atoms with Gasteiger partial charge in [-0.05, 0) is 67.1 Å². The molecule has 1 N–H and O–H groups in total. The SMILES string of the molecule is CC(=O)O[C@H]1CC[C@@]2(C)C(=CC[C@H]3[C@@H]4C[C@H](O)[C@H]([C@H](C)C(=O)OC[C@H](C)CC#N)[C@@]4(C)CC[C@@H]32)C1. The van der Waals surface area contributed by atoms with Gasteiger partial charge in [-0.15, -0.1) is 0 Å². The summed E-state index contributed by atoms with van der Waals surface area (Å²) in [6.07, 6.45) is 8.95. The van der Waals surface area contributed by atoms with Gasteiger partial charge in [0.05, 0.1) is 24.7 Å². The van der Waals surface area contributed by atoms with Gasteiger partial charge in [-0.3, -0.25) is 9.59 Å². The van der Waals surface area contributed by atoms with Gasteiger partial charge in [-0.25, -0.2) is 0 Å². The van der Waals surface area contributed by atoms with Crippen molar-refractivity contribution in [3.05, 3.63) is 11.6 Å². The summed E-state index contributed by atoms with van der Waals surface area (Å²) in [6.45, 7) is 10.3. The number of hydrogen-bond acceptors (Lipinski definition) is 6. The van der Waals surface area contributed by atoms with Crippen LogP contribution in [0.25, 0.3) is 0 Å². The predicted octanol–water partition coefficient (Wildman–Crippen LogP) is 5.20. The van der Waals surface area contributed by atoms with Crippen LogP contribution in [0.5, 0.6) is 0 Å². The summed E-state index contributed by atoms with van der Waals surface area (Å²) in [5.41, 5.74) is 1.50. The molecule has 0 aromatic heterocycles. The number of nitrogens with zero attached hydrogens (tertiary/aromatic N) is 1. The second-order valence-electron chi connectivity index (χ2n) is 12.5. The zero-order valence-electron chi connectivity index (χ0n) is 22.1.